The van der Waals surface area contributed by atoms with E-state index in [0.29, 0.717) is 56.4 Å². The van der Waals surface area contributed by atoms with E-state index >= 15 is 0 Å². The van der Waals surface area contributed by atoms with Crippen molar-refractivity contribution in [2.24, 2.45) is 11.8 Å². The van der Waals surface area contributed by atoms with Gasteiger partial charge in [0.15, 0.2) is 11.6 Å². The van der Waals surface area contributed by atoms with Gasteiger partial charge < -0.3 is 0 Å². The van der Waals surface area contributed by atoms with Crippen LogP contribution in [0.4, 0.5) is 0 Å². The summed E-state index contributed by atoms with van der Waals surface area (Å²) in [5.41, 5.74) is 8.80. The zero-order valence-electron chi connectivity index (χ0n) is 53.7. The van der Waals surface area contributed by atoms with Crippen molar-refractivity contribution in [2.45, 2.75) is 170 Å². The maximum Gasteiger partial charge on any atom is 0.194 e. The van der Waals surface area contributed by atoms with Gasteiger partial charge in [-0.1, -0.05) is 180 Å². The number of ketones is 2. The number of benzene rings is 3. The van der Waals surface area contributed by atoms with Crippen LogP contribution in [0.5, 0.6) is 0 Å². The average Bonchev–Trinajstić information content (AvgIpc) is 1.55. The van der Waals surface area contributed by atoms with Gasteiger partial charge in [0.1, 0.15) is 35.4 Å². The molecule has 6 aromatic heterocycles. The van der Waals surface area contributed by atoms with E-state index in [2.05, 4.69) is 114 Å². The molecule has 6 heterocycles. The Balaban J connectivity index is 1.16. The van der Waals surface area contributed by atoms with E-state index in [4.69, 9.17) is 0 Å². The molecule has 9 aromatic rings. The van der Waals surface area contributed by atoms with E-state index in [-0.39, 0.29) is 22.7 Å². The minimum atomic E-state index is -0.169. The number of thiophene rings is 6. The highest BCUT2D eigenvalue weighted by atomic mass is 32.1. The number of carbonyl (C=O) groups is 2. The fourth-order valence-corrected chi connectivity index (χ4v) is 20.9. The highest BCUT2D eigenvalue weighted by molar-refractivity contribution is 7.29. The predicted molar refractivity (Wildman–Crippen MR) is 394 cm³/mol. The van der Waals surface area contributed by atoms with Crippen molar-refractivity contribution in [1.29, 1.82) is 21.0 Å². The summed E-state index contributed by atoms with van der Waals surface area (Å²) in [5, 5.41) is 43.7. The van der Waals surface area contributed by atoms with E-state index in [0.717, 1.165) is 99.6 Å². The first-order valence-corrected chi connectivity index (χ1v) is 38.2. The number of unbranched alkanes of at least 4 members (excludes halogenated alkanes) is 8. The van der Waals surface area contributed by atoms with Crippen LogP contribution in [-0.2, 0) is 25.7 Å². The first-order chi connectivity index (χ1) is 45.0. The van der Waals surface area contributed by atoms with Crippen LogP contribution in [0.3, 0.4) is 0 Å². The number of hydrogen-bond acceptors (Lipinski definition) is 12. The number of hydrogen-bond donors (Lipinski definition) is 0. The maximum atomic E-state index is 14.4. The first-order valence-electron chi connectivity index (χ1n) is 33.3. The van der Waals surface area contributed by atoms with Gasteiger partial charge in [-0.25, -0.2) is 0 Å². The molecule has 11 rings (SSSR count). The van der Waals surface area contributed by atoms with Gasteiger partial charge in [-0.2, -0.15) is 21.0 Å². The van der Waals surface area contributed by atoms with Crippen molar-refractivity contribution in [1.82, 2.24) is 0 Å². The molecule has 2 unspecified atom stereocenters. The van der Waals surface area contributed by atoms with Crippen LogP contribution >= 0.6 is 68.0 Å². The number of nitrogens with zero attached hydrogens (tertiary/aromatic N) is 4. The summed E-state index contributed by atoms with van der Waals surface area (Å²) in [6.07, 6.45) is 26.3. The van der Waals surface area contributed by atoms with Gasteiger partial charge in [0, 0.05) is 113 Å². The molecular weight excluding hydrogens is 1240 g/mol. The molecule has 2 aliphatic carbocycles. The minimum absolute atomic E-state index is 0.0597. The molecule has 3 aromatic carbocycles. The van der Waals surface area contributed by atoms with Crippen LogP contribution in [0.25, 0.3) is 83.9 Å². The Morgan fingerprint density at radius 1 is 0.435 bits per heavy atom. The molecule has 2 aliphatic rings. The van der Waals surface area contributed by atoms with Gasteiger partial charge in [-0.3, -0.25) is 9.59 Å². The van der Waals surface area contributed by atoms with Gasteiger partial charge in [0.05, 0.1) is 0 Å². The molecule has 0 radical (unpaired) electrons. The lowest BCUT2D eigenvalue weighted by Crippen LogP contribution is -2.03. The molecular formula is C80H78N4O2S6. The number of allylic oxidation sites excluding steroid dienone is 6. The van der Waals surface area contributed by atoms with Crippen molar-refractivity contribution in [3.8, 4) is 64.7 Å². The Hall–Kier alpha value is -7.36. The number of rotatable bonds is 28. The molecule has 0 fully saturated rings. The number of carbonyl (C=O) groups excluding carboxylic acids is 2. The Kier molecular flexibility index (Phi) is 22.0. The molecule has 2 atom stereocenters. The summed E-state index contributed by atoms with van der Waals surface area (Å²) >= 11 is 11.1. The lowest BCUT2D eigenvalue weighted by molar-refractivity contribution is 0.103. The molecule has 6 nitrogen and oxygen atoms in total. The van der Waals surface area contributed by atoms with E-state index in [1.165, 1.54) is 120 Å². The number of Topliss-reactive ketones (excluding diaryl/α,β-unsaturated/α-hetero) is 2. The molecule has 466 valence electrons. The minimum Gasteiger partial charge on any atom is -0.289 e. The van der Waals surface area contributed by atoms with Crippen LogP contribution < -0.4 is 0 Å². The molecule has 0 saturated heterocycles. The zero-order valence-corrected chi connectivity index (χ0v) is 58.6. The smallest absolute Gasteiger partial charge is 0.194 e. The van der Waals surface area contributed by atoms with Crippen LogP contribution in [0.2, 0.25) is 0 Å². The standard InChI is InChI=1S/C80H78N4O2S6/c1-7-13-17-19-27-55-33-35-67(87-55)73-65-43-69(77-51(37-49(11-5)25-15-9-3)39-57(89-77)41-63-71(53(45-81)46-82)59-29-21-23-31-61(59)75(63)85)92-80(65)74(68-36-34-56(88-68)28-20-18-14-8-2)66-44-70(91-79(66)73)78-52(38-50(12-6)26-16-10-4)40-58(90-78)42-64-72(54(47-83)48-84)60-30-22-24-32-62(60)76(64)86/h21-24,29-36,39-44,49-50H,7-20,25-28,37-38H2,1-6H3/b63-41-,64-42-. The van der Waals surface area contributed by atoms with E-state index in [1.807, 2.05) is 93.9 Å². The Labute approximate surface area is 567 Å². The van der Waals surface area contributed by atoms with Crippen molar-refractivity contribution in [3.05, 3.63) is 172 Å². The highest BCUT2D eigenvalue weighted by Gasteiger charge is 2.35. The second-order valence-corrected chi connectivity index (χ2v) is 31.3. The highest BCUT2D eigenvalue weighted by Crippen LogP contribution is 2.57. The molecule has 0 spiro atoms. The lowest BCUT2D eigenvalue weighted by Gasteiger charge is -2.14. The molecule has 0 bridgehead atoms. The second-order valence-electron chi connectivity index (χ2n) is 24.7. The molecule has 0 aliphatic heterocycles. The predicted octanol–water partition coefficient (Wildman–Crippen LogP) is 25.0. The Bertz CT molecular complexity index is 4190. The van der Waals surface area contributed by atoms with Crippen LogP contribution in [0, 0.1) is 57.2 Å². The summed E-state index contributed by atoms with van der Waals surface area (Å²) in [7, 11) is 0. The summed E-state index contributed by atoms with van der Waals surface area (Å²) in [4.78, 5) is 40.8. The van der Waals surface area contributed by atoms with Crippen LogP contribution in [0.1, 0.15) is 207 Å². The Morgan fingerprint density at radius 2 is 0.826 bits per heavy atom. The van der Waals surface area contributed by atoms with Crippen molar-refractivity contribution < 1.29 is 9.59 Å². The fourth-order valence-electron chi connectivity index (χ4n) is 13.5. The van der Waals surface area contributed by atoms with Gasteiger partial charge in [0.25, 0.3) is 0 Å². The lowest BCUT2D eigenvalue weighted by atomic mass is 9.91. The summed E-state index contributed by atoms with van der Waals surface area (Å²) < 4.78 is 2.51. The molecule has 0 amide bonds. The Morgan fingerprint density at radius 3 is 1.20 bits per heavy atom. The number of aryl methyl sites for hydroxylation is 2. The van der Waals surface area contributed by atoms with Gasteiger partial charge in [-0.15, -0.1) is 68.0 Å². The normalized spacial score (nSPS) is 14.3. The third kappa shape index (κ3) is 13.7. The van der Waals surface area contributed by atoms with Crippen molar-refractivity contribution in [2.75, 3.05) is 0 Å². The van der Waals surface area contributed by atoms with Gasteiger partial charge in [-0.05, 0) is 133 Å². The number of fused-ring (bicyclic) bond motifs is 4. The number of nitriles is 4. The molecule has 92 heavy (non-hydrogen) atoms. The summed E-state index contributed by atoms with van der Waals surface area (Å²) in [6.45, 7) is 13.7. The third-order valence-corrected chi connectivity index (χ3v) is 25.7. The monoisotopic (exact) mass is 1320 g/mol. The SMILES string of the molecule is CCCCCCc1ccc(-c2c3cc(-c4sc(/C=C5\C(=O)c6ccccc6C5=C(C#N)C#N)cc4CC(CC)CCCC)sc3c(-c3ccc(CCCCCC)s3)c3cc(-c4sc(/C=C5\C(=O)c6ccccc6C5=C(C#N)C#N)cc4CC(CC)CCCC)sc23)s1. The molecule has 12 heteroatoms. The van der Waals surface area contributed by atoms with Crippen molar-refractivity contribution in [3.63, 3.8) is 0 Å². The van der Waals surface area contributed by atoms with Crippen LogP contribution in [0.15, 0.2) is 119 Å². The summed E-state index contributed by atoms with van der Waals surface area (Å²) in [5.74, 6) is 0.592. The fraction of sp³-hybridized carbons (Fsp3) is 0.350. The average molecular weight is 1320 g/mol. The first kappa shape index (κ1) is 66.1. The topological polar surface area (TPSA) is 129 Å². The second kappa shape index (κ2) is 30.6. The zero-order chi connectivity index (χ0) is 64.4. The molecule has 0 saturated carbocycles. The summed E-state index contributed by atoms with van der Waals surface area (Å²) in [6, 6.07) is 42.2. The quantitative estimate of drug-likeness (QED) is 0.0273. The third-order valence-electron chi connectivity index (χ3n) is 18.5. The van der Waals surface area contributed by atoms with Crippen molar-refractivity contribution >= 4 is 123 Å². The van der Waals surface area contributed by atoms with E-state index in [1.54, 1.807) is 34.8 Å². The van der Waals surface area contributed by atoms with E-state index < -0.39 is 0 Å². The largest absolute Gasteiger partial charge is 0.289 e. The van der Waals surface area contributed by atoms with E-state index in [9.17, 15) is 30.6 Å². The van der Waals surface area contributed by atoms with Gasteiger partial charge in [0.2, 0.25) is 0 Å². The van der Waals surface area contributed by atoms with Crippen LogP contribution in [-0.4, -0.2) is 11.6 Å². The molecule has 0 N–H and O–H groups in total. The van der Waals surface area contributed by atoms with Gasteiger partial charge >= 0.3 is 0 Å². The maximum absolute atomic E-state index is 14.4.